The molecule has 40 heavy (non-hydrogen) atoms. The number of ether oxygens (including phenoxy) is 3. The fourth-order valence-corrected chi connectivity index (χ4v) is 5.25. The van der Waals surface area contributed by atoms with Gasteiger partial charge in [-0.1, -0.05) is 54.6 Å². The van der Waals surface area contributed by atoms with Gasteiger partial charge < -0.3 is 19.3 Å². The maximum atomic E-state index is 13.0. The molecule has 3 aromatic rings. The second-order valence-corrected chi connectivity index (χ2v) is 9.87. The molecule has 0 bridgehead atoms. The van der Waals surface area contributed by atoms with Crippen molar-refractivity contribution in [3.8, 4) is 16.9 Å². The van der Waals surface area contributed by atoms with Crippen LogP contribution in [-0.2, 0) is 20.4 Å². The van der Waals surface area contributed by atoms with Crippen molar-refractivity contribution in [1.29, 1.82) is 0 Å². The Kier molecular flexibility index (Phi) is 8.04. The van der Waals surface area contributed by atoms with E-state index in [0.29, 0.717) is 18.4 Å². The second kappa shape index (κ2) is 11.7. The molecular formula is C31H27F3O6. The first-order chi connectivity index (χ1) is 19.2. The van der Waals surface area contributed by atoms with E-state index in [1.54, 1.807) is 18.2 Å². The van der Waals surface area contributed by atoms with Crippen molar-refractivity contribution in [3.63, 3.8) is 0 Å². The van der Waals surface area contributed by atoms with Crippen LogP contribution in [0, 0.1) is 11.8 Å². The van der Waals surface area contributed by atoms with Gasteiger partial charge in [-0.3, -0.25) is 4.79 Å². The van der Waals surface area contributed by atoms with Crippen LogP contribution in [0.25, 0.3) is 11.1 Å². The standard InChI is InChI=1S/C31H27F3O6/c32-31(33,34)22-7-4-8-24(15-22)38-18-23(35)13-14-25-26-16-29(36)39-28(26)17-27(25)40-30(37)21-11-9-20(10-12-21)19-5-2-1-3-6-19/h1-15,25-29,36H,16-18H2/b14-13+/t25-,26-,27-,28?,29+/m1/s1. The predicted octanol–water partition coefficient (Wildman–Crippen LogP) is 5.85. The summed E-state index contributed by atoms with van der Waals surface area (Å²) in [5.74, 6) is -1.62. The highest BCUT2D eigenvalue weighted by Gasteiger charge is 2.50. The lowest BCUT2D eigenvalue weighted by Gasteiger charge is -2.21. The van der Waals surface area contributed by atoms with Crippen molar-refractivity contribution in [2.45, 2.75) is 37.5 Å². The van der Waals surface area contributed by atoms with Crippen LogP contribution in [0.4, 0.5) is 13.2 Å². The van der Waals surface area contributed by atoms with E-state index < -0.39 is 48.4 Å². The van der Waals surface area contributed by atoms with E-state index in [2.05, 4.69) is 0 Å². The zero-order chi connectivity index (χ0) is 28.3. The number of carbonyl (C=O) groups is 2. The van der Waals surface area contributed by atoms with E-state index in [-0.39, 0.29) is 17.8 Å². The van der Waals surface area contributed by atoms with Gasteiger partial charge in [-0.05, 0) is 53.5 Å². The Labute approximate surface area is 229 Å². The van der Waals surface area contributed by atoms with Crippen molar-refractivity contribution < 1.29 is 42.1 Å². The molecule has 1 saturated heterocycles. The number of carbonyl (C=O) groups excluding carboxylic acids is 2. The number of alkyl halides is 3. The average molecular weight is 553 g/mol. The molecular weight excluding hydrogens is 525 g/mol. The maximum absolute atomic E-state index is 13.0. The summed E-state index contributed by atoms with van der Waals surface area (Å²) in [5.41, 5.74) is 1.49. The third kappa shape index (κ3) is 6.43. The Morgan fingerprint density at radius 2 is 1.68 bits per heavy atom. The quantitative estimate of drug-likeness (QED) is 0.279. The highest BCUT2D eigenvalue weighted by atomic mass is 19.4. The Bertz CT molecular complexity index is 1370. The number of halogens is 3. The van der Waals surface area contributed by atoms with E-state index in [1.165, 1.54) is 18.2 Å². The van der Waals surface area contributed by atoms with E-state index in [0.717, 1.165) is 23.3 Å². The van der Waals surface area contributed by atoms with Gasteiger partial charge in [0.1, 0.15) is 11.9 Å². The number of hydrogen-bond acceptors (Lipinski definition) is 6. The number of aliphatic hydroxyl groups is 1. The fraction of sp³-hybridized carbons (Fsp3) is 0.290. The van der Waals surface area contributed by atoms with Crippen LogP contribution in [-0.4, -0.2) is 42.0 Å². The molecule has 2 aliphatic rings. The largest absolute Gasteiger partial charge is 0.485 e. The summed E-state index contributed by atoms with van der Waals surface area (Å²) in [6.07, 6.45) is -2.80. The van der Waals surface area contributed by atoms with Gasteiger partial charge >= 0.3 is 12.1 Å². The Balaban J connectivity index is 1.23. The molecule has 9 heteroatoms. The number of rotatable bonds is 8. The van der Waals surface area contributed by atoms with Crippen LogP contribution >= 0.6 is 0 Å². The van der Waals surface area contributed by atoms with Crippen LogP contribution in [0.1, 0.15) is 28.8 Å². The molecule has 3 aromatic carbocycles. The summed E-state index contributed by atoms with van der Waals surface area (Å²) in [6.45, 7) is -0.462. The molecule has 2 fully saturated rings. The van der Waals surface area contributed by atoms with Gasteiger partial charge in [0.15, 0.2) is 18.7 Å². The molecule has 5 atom stereocenters. The molecule has 5 rings (SSSR count). The molecule has 6 nitrogen and oxygen atoms in total. The molecule has 1 heterocycles. The first-order valence-electron chi connectivity index (χ1n) is 12.9. The molecule has 1 N–H and O–H groups in total. The third-order valence-electron chi connectivity index (χ3n) is 7.20. The third-order valence-corrected chi connectivity index (χ3v) is 7.20. The van der Waals surface area contributed by atoms with Crippen molar-refractivity contribution >= 4 is 11.8 Å². The van der Waals surface area contributed by atoms with Gasteiger partial charge in [-0.25, -0.2) is 4.79 Å². The molecule has 1 aliphatic carbocycles. The maximum Gasteiger partial charge on any atom is 0.416 e. The summed E-state index contributed by atoms with van der Waals surface area (Å²) in [5, 5.41) is 9.97. The highest BCUT2D eigenvalue weighted by molar-refractivity contribution is 5.91. The van der Waals surface area contributed by atoms with Crippen LogP contribution in [0.15, 0.2) is 91.0 Å². The predicted molar refractivity (Wildman–Crippen MR) is 139 cm³/mol. The molecule has 0 amide bonds. The van der Waals surface area contributed by atoms with E-state index in [4.69, 9.17) is 14.2 Å². The van der Waals surface area contributed by atoms with E-state index in [1.807, 2.05) is 42.5 Å². The van der Waals surface area contributed by atoms with Gasteiger partial charge in [0.05, 0.1) is 17.2 Å². The lowest BCUT2D eigenvalue weighted by molar-refractivity contribution is -0.137. The molecule has 1 unspecified atom stereocenters. The Morgan fingerprint density at radius 1 is 0.950 bits per heavy atom. The molecule has 0 radical (unpaired) electrons. The number of benzene rings is 3. The summed E-state index contributed by atoms with van der Waals surface area (Å²) in [6, 6.07) is 21.1. The first-order valence-corrected chi connectivity index (χ1v) is 12.9. The summed E-state index contributed by atoms with van der Waals surface area (Å²) < 4.78 is 55.4. The zero-order valence-corrected chi connectivity index (χ0v) is 21.3. The Hall–Kier alpha value is -3.95. The minimum atomic E-state index is -4.52. The molecule has 208 valence electrons. The van der Waals surface area contributed by atoms with Crippen molar-refractivity contribution in [1.82, 2.24) is 0 Å². The molecule has 1 aliphatic heterocycles. The minimum absolute atomic E-state index is 0.0742. The summed E-state index contributed by atoms with van der Waals surface area (Å²) >= 11 is 0. The van der Waals surface area contributed by atoms with Gasteiger partial charge in [0.25, 0.3) is 0 Å². The van der Waals surface area contributed by atoms with Crippen molar-refractivity contribution in [2.75, 3.05) is 6.61 Å². The highest BCUT2D eigenvalue weighted by Crippen LogP contribution is 2.45. The molecule has 1 saturated carbocycles. The lowest BCUT2D eigenvalue weighted by Crippen LogP contribution is -2.25. The number of fused-ring (bicyclic) bond motifs is 1. The molecule has 0 spiro atoms. The van der Waals surface area contributed by atoms with Crippen molar-refractivity contribution in [3.05, 3.63) is 102 Å². The normalized spacial score (nSPS) is 24.1. The number of esters is 1. The monoisotopic (exact) mass is 552 g/mol. The fourth-order valence-electron chi connectivity index (χ4n) is 5.25. The summed E-state index contributed by atoms with van der Waals surface area (Å²) in [4.78, 5) is 25.5. The van der Waals surface area contributed by atoms with Crippen LogP contribution < -0.4 is 4.74 Å². The van der Waals surface area contributed by atoms with Gasteiger partial charge in [-0.2, -0.15) is 13.2 Å². The van der Waals surface area contributed by atoms with Gasteiger partial charge in [0.2, 0.25) is 0 Å². The van der Waals surface area contributed by atoms with E-state index >= 15 is 0 Å². The van der Waals surface area contributed by atoms with Crippen molar-refractivity contribution in [2.24, 2.45) is 11.8 Å². The minimum Gasteiger partial charge on any atom is -0.485 e. The van der Waals surface area contributed by atoms with Crippen LogP contribution in [0.2, 0.25) is 0 Å². The van der Waals surface area contributed by atoms with Gasteiger partial charge in [0, 0.05) is 18.8 Å². The average Bonchev–Trinajstić information content (AvgIpc) is 3.46. The smallest absolute Gasteiger partial charge is 0.416 e. The second-order valence-electron chi connectivity index (χ2n) is 9.87. The van der Waals surface area contributed by atoms with E-state index in [9.17, 15) is 27.9 Å². The number of hydrogen-bond donors (Lipinski definition) is 1. The molecule has 0 aromatic heterocycles. The van der Waals surface area contributed by atoms with Crippen LogP contribution in [0.5, 0.6) is 5.75 Å². The van der Waals surface area contributed by atoms with Crippen LogP contribution in [0.3, 0.4) is 0 Å². The van der Waals surface area contributed by atoms with Gasteiger partial charge in [-0.15, -0.1) is 0 Å². The zero-order valence-electron chi connectivity index (χ0n) is 21.3. The SMILES string of the molecule is O=C(/C=C/[C@H]1[C@H](OC(=O)c2ccc(-c3ccccc3)cc2)CC2O[C@H](O)C[C@@H]21)COc1cccc(C(F)(F)F)c1. The number of ketones is 1. The first kappa shape index (κ1) is 27.6. The topological polar surface area (TPSA) is 82.1 Å². The number of aliphatic hydroxyl groups excluding tert-OH is 1. The Morgan fingerprint density at radius 3 is 2.40 bits per heavy atom. The lowest BCUT2D eigenvalue weighted by atomic mass is 9.91. The summed E-state index contributed by atoms with van der Waals surface area (Å²) in [7, 11) is 0.